The molecule has 0 radical (unpaired) electrons. The Morgan fingerprint density at radius 1 is 1.13 bits per heavy atom. The number of aromatic amines is 1. The summed E-state index contributed by atoms with van der Waals surface area (Å²) in [5, 5.41) is 4.87. The monoisotopic (exact) mass is 420 g/mol. The number of amides is 1. The highest BCUT2D eigenvalue weighted by atomic mass is 16.2. The molecule has 0 unspecified atom stereocenters. The third kappa shape index (κ3) is 3.40. The molecule has 0 saturated carbocycles. The summed E-state index contributed by atoms with van der Waals surface area (Å²) in [6.45, 7) is 8.25. The van der Waals surface area contributed by atoms with Crippen LogP contribution in [0.4, 0.5) is 11.6 Å². The van der Waals surface area contributed by atoms with Gasteiger partial charge in [-0.05, 0) is 51.7 Å². The number of anilines is 2. The summed E-state index contributed by atoms with van der Waals surface area (Å²) in [4.78, 5) is 37.5. The molecule has 1 fully saturated rings. The second kappa shape index (κ2) is 7.21. The van der Waals surface area contributed by atoms with Gasteiger partial charge in [0.2, 0.25) is 11.9 Å². The summed E-state index contributed by atoms with van der Waals surface area (Å²) in [5.41, 5.74) is 2.45. The number of nitrogens with zero attached hydrogens (tertiary/aromatic N) is 5. The van der Waals surface area contributed by atoms with E-state index in [0.717, 1.165) is 31.5 Å². The third-order valence-electron chi connectivity index (χ3n) is 6.36. The number of H-pyrrole nitrogens is 1. The van der Waals surface area contributed by atoms with E-state index in [-0.39, 0.29) is 22.9 Å². The lowest BCUT2D eigenvalue weighted by Gasteiger charge is -2.33. The Morgan fingerprint density at radius 3 is 2.61 bits per heavy atom. The first kappa shape index (κ1) is 19.8. The summed E-state index contributed by atoms with van der Waals surface area (Å²) in [7, 11) is 0. The number of carbonyl (C=O) groups is 1. The molecule has 1 amide bonds. The van der Waals surface area contributed by atoms with E-state index in [2.05, 4.69) is 21.0 Å². The zero-order valence-electron chi connectivity index (χ0n) is 18.3. The maximum absolute atomic E-state index is 13.2. The predicted octanol–water partition coefficient (Wildman–Crippen LogP) is 2.68. The average Bonchev–Trinajstić information content (AvgIpc) is 3.38. The van der Waals surface area contributed by atoms with Crippen molar-refractivity contribution < 1.29 is 4.79 Å². The molecule has 162 valence electrons. The van der Waals surface area contributed by atoms with Gasteiger partial charge in [-0.1, -0.05) is 18.2 Å². The van der Waals surface area contributed by atoms with Gasteiger partial charge in [0.1, 0.15) is 5.39 Å². The van der Waals surface area contributed by atoms with Crippen LogP contribution in [0, 0.1) is 5.92 Å². The van der Waals surface area contributed by atoms with Gasteiger partial charge < -0.3 is 9.80 Å². The van der Waals surface area contributed by atoms with Gasteiger partial charge in [0.15, 0.2) is 5.65 Å². The fourth-order valence-electron chi connectivity index (χ4n) is 4.67. The summed E-state index contributed by atoms with van der Waals surface area (Å²) >= 11 is 0. The number of carbonyl (C=O) groups excluding carboxylic acids is 1. The third-order valence-corrected chi connectivity index (χ3v) is 6.36. The van der Waals surface area contributed by atoms with Gasteiger partial charge in [-0.3, -0.25) is 14.6 Å². The number of fused-ring (bicyclic) bond motifs is 2. The van der Waals surface area contributed by atoms with E-state index in [4.69, 9.17) is 4.98 Å². The molecule has 8 heteroatoms. The number of piperidine rings is 1. The SMILES string of the molecule is CC(C)(C)n1ncc2c(=O)[nH]c(N3CCC(C(=O)N4CCc5ccccc54)CC3)nc21. The number of hydrogen-bond donors (Lipinski definition) is 1. The lowest BCUT2D eigenvalue weighted by atomic mass is 9.95. The molecule has 0 atom stereocenters. The first-order valence-corrected chi connectivity index (χ1v) is 11.0. The van der Waals surface area contributed by atoms with Gasteiger partial charge in [-0.15, -0.1) is 0 Å². The lowest BCUT2D eigenvalue weighted by Crippen LogP contribution is -2.43. The Bertz CT molecular complexity index is 1200. The van der Waals surface area contributed by atoms with E-state index in [9.17, 15) is 9.59 Å². The number of para-hydroxylation sites is 1. The van der Waals surface area contributed by atoms with Gasteiger partial charge in [0, 0.05) is 31.2 Å². The van der Waals surface area contributed by atoms with Gasteiger partial charge in [0.05, 0.1) is 11.7 Å². The average molecular weight is 421 g/mol. The van der Waals surface area contributed by atoms with Gasteiger partial charge in [-0.2, -0.15) is 10.1 Å². The van der Waals surface area contributed by atoms with Crippen LogP contribution in [-0.4, -0.2) is 45.3 Å². The van der Waals surface area contributed by atoms with E-state index < -0.39 is 0 Å². The predicted molar refractivity (Wildman–Crippen MR) is 121 cm³/mol. The second-order valence-electron chi connectivity index (χ2n) is 9.48. The molecule has 0 spiro atoms. The minimum Gasteiger partial charge on any atom is -0.342 e. The molecule has 0 aliphatic carbocycles. The minimum absolute atomic E-state index is 0.00189. The lowest BCUT2D eigenvalue weighted by molar-refractivity contribution is -0.122. The fraction of sp³-hybridized carbons (Fsp3) is 0.478. The molecule has 1 N–H and O–H groups in total. The highest BCUT2D eigenvalue weighted by molar-refractivity contribution is 5.97. The normalized spacial score (nSPS) is 17.4. The van der Waals surface area contributed by atoms with Crippen LogP contribution in [0.5, 0.6) is 0 Å². The molecule has 2 aliphatic rings. The van der Waals surface area contributed by atoms with Crippen molar-refractivity contribution in [3.05, 3.63) is 46.4 Å². The highest BCUT2D eigenvalue weighted by Gasteiger charge is 2.33. The minimum atomic E-state index is -0.273. The molecule has 2 aliphatic heterocycles. The number of nitrogens with one attached hydrogen (secondary N) is 1. The van der Waals surface area contributed by atoms with Crippen LogP contribution in [0.15, 0.2) is 35.3 Å². The van der Waals surface area contributed by atoms with E-state index in [0.29, 0.717) is 30.1 Å². The summed E-state index contributed by atoms with van der Waals surface area (Å²) in [6, 6.07) is 8.16. The number of benzene rings is 1. The number of hydrogen-bond acceptors (Lipinski definition) is 5. The smallest absolute Gasteiger partial charge is 0.263 e. The summed E-state index contributed by atoms with van der Waals surface area (Å²) in [5.74, 6) is 0.770. The molecule has 3 aromatic rings. The zero-order valence-corrected chi connectivity index (χ0v) is 18.3. The Labute approximate surface area is 180 Å². The Morgan fingerprint density at radius 2 is 1.87 bits per heavy atom. The largest absolute Gasteiger partial charge is 0.342 e. The Kier molecular flexibility index (Phi) is 4.60. The van der Waals surface area contributed by atoms with Crippen LogP contribution in [0.3, 0.4) is 0 Å². The van der Waals surface area contributed by atoms with E-state index in [1.54, 1.807) is 10.9 Å². The van der Waals surface area contributed by atoms with Crippen LogP contribution >= 0.6 is 0 Å². The van der Waals surface area contributed by atoms with Gasteiger partial charge in [0.25, 0.3) is 5.56 Å². The number of aromatic nitrogens is 4. The molecular weight excluding hydrogens is 392 g/mol. The maximum Gasteiger partial charge on any atom is 0.263 e. The molecule has 2 aromatic heterocycles. The number of rotatable bonds is 2. The molecule has 4 heterocycles. The van der Waals surface area contributed by atoms with Crippen molar-refractivity contribution in [2.45, 2.75) is 45.6 Å². The first-order valence-electron chi connectivity index (χ1n) is 11.0. The molecule has 8 nitrogen and oxygen atoms in total. The van der Waals surface area contributed by atoms with E-state index in [1.165, 1.54) is 5.56 Å². The van der Waals surface area contributed by atoms with Gasteiger partial charge in [-0.25, -0.2) is 4.68 Å². The van der Waals surface area contributed by atoms with Crippen molar-refractivity contribution in [3.8, 4) is 0 Å². The summed E-state index contributed by atoms with van der Waals surface area (Å²) < 4.78 is 1.79. The van der Waals surface area contributed by atoms with Crippen LogP contribution in [0.2, 0.25) is 0 Å². The van der Waals surface area contributed by atoms with E-state index >= 15 is 0 Å². The maximum atomic E-state index is 13.2. The second-order valence-corrected chi connectivity index (χ2v) is 9.48. The Balaban J connectivity index is 1.33. The van der Waals surface area contributed by atoms with E-state index in [1.807, 2.05) is 43.9 Å². The van der Waals surface area contributed by atoms with Crippen molar-refractivity contribution >= 4 is 28.6 Å². The molecule has 1 aromatic carbocycles. The Hall–Kier alpha value is -3.16. The van der Waals surface area contributed by atoms with Crippen LogP contribution in [0.1, 0.15) is 39.2 Å². The highest BCUT2D eigenvalue weighted by Crippen LogP contribution is 2.31. The molecule has 31 heavy (non-hydrogen) atoms. The van der Waals surface area contributed by atoms with Crippen LogP contribution in [0.25, 0.3) is 11.0 Å². The van der Waals surface area contributed by atoms with Crippen molar-refractivity contribution in [2.75, 3.05) is 29.4 Å². The van der Waals surface area contributed by atoms with Crippen molar-refractivity contribution in [2.24, 2.45) is 5.92 Å². The summed E-state index contributed by atoms with van der Waals surface area (Å²) in [6.07, 6.45) is 4.00. The zero-order chi connectivity index (χ0) is 21.8. The quantitative estimate of drug-likeness (QED) is 0.689. The standard InChI is InChI=1S/C23H28N6O2/c1-23(2,3)29-19-17(14-24-29)20(30)26-22(25-19)27-11-8-16(9-12-27)21(31)28-13-10-15-6-4-5-7-18(15)28/h4-7,14,16H,8-13H2,1-3H3,(H,25,26,30). The molecule has 0 bridgehead atoms. The molecular formula is C23H28N6O2. The van der Waals surface area contributed by atoms with Gasteiger partial charge >= 0.3 is 0 Å². The van der Waals surface area contributed by atoms with Crippen molar-refractivity contribution in [1.29, 1.82) is 0 Å². The van der Waals surface area contributed by atoms with Crippen molar-refractivity contribution in [1.82, 2.24) is 19.7 Å². The molecule has 5 rings (SSSR count). The van der Waals surface area contributed by atoms with Crippen molar-refractivity contribution in [3.63, 3.8) is 0 Å². The van der Waals surface area contributed by atoms with Crippen LogP contribution < -0.4 is 15.4 Å². The fourth-order valence-corrected chi connectivity index (χ4v) is 4.67. The topological polar surface area (TPSA) is 87.1 Å². The molecule has 1 saturated heterocycles. The first-order chi connectivity index (χ1) is 14.8. The van der Waals surface area contributed by atoms with Crippen LogP contribution in [-0.2, 0) is 16.8 Å².